The summed E-state index contributed by atoms with van der Waals surface area (Å²) in [6.45, 7) is 1.49. The minimum Gasteiger partial charge on any atom is -0.346 e. The molecule has 120 valence electrons. The van der Waals surface area contributed by atoms with Crippen LogP contribution in [0.4, 0.5) is 0 Å². The fourth-order valence-electron chi connectivity index (χ4n) is 2.29. The third kappa shape index (κ3) is 5.10. The number of rotatable bonds is 6. The standard InChI is InChI=1S/C15H19ClN2O3S/c16-13-6-2-1-5-12(13)10-22(21)11-14(19)17-9-15(20)18-7-3-4-8-18/h1-2,5-6H,3-4,7-11H2,(H,17,19). The maximum atomic E-state index is 12.0. The molecule has 0 aliphatic carbocycles. The molecule has 1 aromatic rings. The summed E-state index contributed by atoms with van der Waals surface area (Å²) in [5, 5.41) is 3.08. The summed E-state index contributed by atoms with van der Waals surface area (Å²) in [5.41, 5.74) is 0.753. The second kappa shape index (κ2) is 8.29. The molecule has 5 nitrogen and oxygen atoms in total. The molecular formula is C15H19ClN2O3S. The van der Waals surface area contributed by atoms with Crippen LogP contribution in [0.25, 0.3) is 0 Å². The van der Waals surface area contributed by atoms with Crippen molar-refractivity contribution in [1.29, 1.82) is 0 Å². The predicted octanol–water partition coefficient (Wildman–Crippen LogP) is 1.33. The number of carbonyl (C=O) groups excluding carboxylic acids is 2. The SMILES string of the molecule is O=C(CS(=O)Cc1ccccc1Cl)NCC(=O)N1CCCC1. The molecule has 22 heavy (non-hydrogen) atoms. The van der Waals surface area contributed by atoms with Crippen LogP contribution in [-0.2, 0) is 26.1 Å². The molecule has 0 radical (unpaired) electrons. The molecule has 1 atom stereocenters. The smallest absolute Gasteiger partial charge is 0.241 e. The molecule has 1 heterocycles. The summed E-state index contributed by atoms with van der Waals surface area (Å²) >= 11 is 6.00. The van der Waals surface area contributed by atoms with Crippen molar-refractivity contribution in [2.45, 2.75) is 18.6 Å². The van der Waals surface area contributed by atoms with Gasteiger partial charge in [-0.05, 0) is 24.5 Å². The minimum absolute atomic E-state index is 0.0257. The van der Waals surface area contributed by atoms with E-state index in [0.29, 0.717) is 5.02 Å². The van der Waals surface area contributed by atoms with Gasteiger partial charge < -0.3 is 10.2 Å². The van der Waals surface area contributed by atoms with Crippen molar-refractivity contribution in [2.75, 3.05) is 25.4 Å². The number of halogens is 1. The number of nitrogens with one attached hydrogen (secondary N) is 1. The largest absolute Gasteiger partial charge is 0.346 e. The van der Waals surface area contributed by atoms with Crippen LogP contribution >= 0.6 is 11.6 Å². The van der Waals surface area contributed by atoms with Gasteiger partial charge in [0.1, 0.15) is 5.75 Å². The first-order valence-electron chi connectivity index (χ1n) is 7.19. The third-order valence-electron chi connectivity index (χ3n) is 3.46. The first kappa shape index (κ1) is 17.0. The molecule has 7 heteroatoms. The van der Waals surface area contributed by atoms with Gasteiger partial charge in [-0.2, -0.15) is 0 Å². The number of nitrogens with zero attached hydrogens (tertiary/aromatic N) is 1. The lowest BCUT2D eigenvalue weighted by atomic mass is 10.2. The van der Waals surface area contributed by atoms with Gasteiger partial charge in [-0.25, -0.2) is 0 Å². The van der Waals surface area contributed by atoms with E-state index in [1.807, 2.05) is 6.07 Å². The normalized spacial score (nSPS) is 15.6. The zero-order valence-electron chi connectivity index (χ0n) is 12.2. The summed E-state index contributed by atoms with van der Waals surface area (Å²) in [6, 6.07) is 7.12. The molecule has 0 saturated carbocycles. The van der Waals surface area contributed by atoms with Crippen LogP contribution in [0.2, 0.25) is 5.02 Å². The van der Waals surface area contributed by atoms with E-state index >= 15 is 0 Å². The van der Waals surface area contributed by atoms with Gasteiger partial charge >= 0.3 is 0 Å². The van der Waals surface area contributed by atoms with Crippen LogP contribution in [0.1, 0.15) is 18.4 Å². The predicted molar refractivity (Wildman–Crippen MR) is 87.0 cm³/mol. The van der Waals surface area contributed by atoms with Crippen molar-refractivity contribution in [2.24, 2.45) is 0 Å². The van der Waals surface area contributed by atoms with E-state index in [1.165, 1.54) is 0 Å². The van der Waals surface area contributed by atoms with E-state index in [2.05, 4.69) is 5.32 Å². The minimum atomic E-state index is -1.35. The lowest BCUT2D eigenvalue weighted by Gasteiger charge is -2.15. The summed E-state index contributed by atoms with van der Waals surface area (Å²) in [5.74, 6) is -0.355. The van der Waals surface area contributed by atoms with Gasteiger partial charge in [0, 0.05) is 28.9 Å². The highest BCUT2D eigenvalue weighted by molar-refractivity contribution is 7.84. The highest BCUT2D eigenvalue weighted by Crippen LogP contribution is 2.16. The van der Waals surface area contributed by atoms with E-state index in [9.17, 15) is 13.8 Å². The van der Waals surface area contributed by atoms with Crippen molar-refractivity contribution in [3.05, 3.63) is 34.9 Å². The van der Waals surface area contributed by atoms with Gasteiger partial charge in [0.05, 0.1) is 12.3 Å². The maximum Gasteiger partial charge on any atom is 0.241 e. The Hall–Kier alpha value is -1.40. The zero-order chi connectivity index (χ0) is 15.9. The van der Waals surface area contributed by atoms with Gasteiger partial charge in [-0.15, -0.1) is 0 Å². The average Bonchev–Trinajstić information content (AvgIpc) is 3.01. The van der Waals surface area contributed by atoms with Crippen molar-refractivity contribution < 1.29 is 13.8 Å². The number of likely N-dealkylation sites (tertiary alicyclic amines) is 1. The summed E-state index contributed by atoms with van der Waals surface area (Å²) in [6.07, 6.45) is 2.03. The van der Waals surface area contributed by atoms with Gasteiger partial charge in [0.2, 0.25) is 11.8 Å². The topological polar surface area (TPSA) is 66.5 Å². The molecule has 1 saturated heterocycles. The van der Waals surface area contributed by atoms with Gasteiger partial charge in [-0.3, -0.25) is 13.8 Å². The van der Waals surface area contributed by atoms with E-state index in [-0.39, 0.29) is 29.9 Å². The van der Waals surface area contributed by atoms with E-state index in [4.69, 9.17) is 11.6 Å². The van der Waals surface area contributed by atoms with E-state index < -0.39 is 10.8 Å². The van der Waals surface area contributed by atoms with Crippen molar-refractivity contribution in [3.8, 4) is 0 Å². The molecule has 0 aromatic heterocycles. The van der Waals surface area contributed by atoms with Crippen LogP contribution in [0.15, 0.2) is 24.3 Å². The summed E-state index contributed by atoms with van der Waals surface area (Å²) in [4.78, 5) is 25.3. The fourth-order valence-corrected chi connectivity index (χ4v) is 3.67. The lowest BCUT2D eigenvalue weighted by Crippen LogP contribution is -2.40. The van der Waals surface area contributed by atoms with E-state index in [1.54, 1.807) is 23.1 Å². The van der Waals surface area contributed by atoms with Gasteiger partial charge in [-0.1, -0.05) is 29.8 Å². The molecule has 1 fully saturated rings. The first-order chi connectivity index (χ1) is 10.6. The molecule has 0 spiro atoms. The number of carbonyl (C=O) groups is 2. The Morgan fingerprint density at radius 2 is 1.91 bits per heavy atom. The lowest BCUT2D eigenvalue weighted by molar-refractivity contribution is -0.131. The van der Waals surface area contributed by atoms with Crippen LogP contribution in [0.3, 0.4) is 0 Å². The Bertz CT molecular complexity index is 574. The third-order valence-corrected chi connectivity index (χ3v) is 5.05. The molecule has 1 aromatic carbocycles. The van der Waals surface area contributed by atoms with Crippen LogP contribution < -0.4 is 5.32 Å². The molecule has 1 aliphatic heterocycles. The molecule has 0 bridgehead atoms. The maximum absolute atomic E-state index is 12.0. The fraction of sp³-hybridized carbons (Fsp3) is 0.467. The van der Waals surface area contributed by atoms with E-state index in [0.717, 1.165) is 31.5 Å². The summed E-state index contributed by atoms with van der Waals surface area (Å²) in [7, 11) is -1.35. The Kier molecular flexibility index (Phi) is 6.39. The highest BCUT2D eigenvalue weighted by atomic mass is 35.5. The van der Waals surface area contributed by atoms with Crippen LogP contribution in [-0.4, -0.2) is 46.3 Å². The molecule has 2 amide bonds. The van der Waals surface area contributed by atoms with Crippen LogP contribution in [0.5, 0.6) is 0 Å². The van der Waals surface area contributed by atoms with Gasteiger partial charge in [0.25, 0.3) is 0 Å². The van der Waals surface area contributed by atoms with Gasteiger partial charge in [0.15, 0.2) is 0 Å². The Morgan fingerprint density at radius 3 is 2.59 bits per heavy atom. The monoisotopic (exact) mass is 342 g/mol. The van der Waals surface area contributed by atoms with Crippen LogP contribution in [0, 0.1) is 0 Å². The quantitative estimate of drug-likeness (QED) is 0.848. The number of hydrogen-bond donors (Lipinski definition) is 1. The van der Waals surface area contributed by atoms with Crippen molar-refractivity contribution >= 4 is 34.2 Å². The second-order valence-corrected chi connectivity index (χ2v) is 7.05. The molecule has 1 aliphatic rings. The number of amides is 2. The highest BCUT2D eigenvalue weighted by Gasteiger charge is 2.18. The zero-order valence-corrected chi connectivity index (χ0v) is 13.8. The Balaban J connectivity index is 1.73. The second-order valence-electron chi connectivity index (χ2n) is 5.18. The molecule has 2 rings (SSSR count). The molecular weight excluding hydrogens is 324 g/mol. The number of benzene rings is 1. The summed E-state index contributed by atoms with van der Waals surface area (Å²) < 4.78 is 12.0. The van der Waals surface area contributed by atoms with Crippen molar-refractivity contribution in [3.63, 3.8) is 0 Å². The molecule has 1 N–H and O–H groups in total. The first-order valence-corrected chi connectivity index (χ1v) is 9.05. The molecule has 1 unspecified atom stereocenters. The average molecular weight is 343 g/mol. The number of hydrogen-bond acceptors (Lipinski definition) is 3. The Labute approximate surface area is 137 Å². The Morgan fingerprint density at radius 1 is 1.23 bits per heavy atom. The van der Waals surface area contributed by atoms with Crippen molar-refractivity contribution in [1.82, 2.24) is 10.2 Å².